The molecule has 4 rings (SSSR count). The van der Waals surface area contributed by atoms with E-state index in [9.17, 15) is 40.3 Å². The van der Waals surface area contributed by atoms with Crippen LogP contribution in [0.1, 0.15) is 54.0 Å². The zero-order valence-corrected chi connectivity index (χ0v) is 18.3. The number of hydrogen-bond acceptors (Lipinski definition) is 3. The third-order valence-electron chi connectivity index (χ3n) is 6.40. The van der Waals surface area contributed by atoms with Gasteiger partial charge in [0.1, 0.15) is 5.82 Å². The lowest BCUT2D eigenvalue weighted by atomic mass is 9.85. The van der Waals surface area contributed by atoms with Crippen molar-refractivity contribution in [1.29, 1.82) is 0 Å². The van der Waals surface area contributed by atoms with Crippen molar-refractivity contribution in [3.8, 4) is 0 Å². The van der Waals surface area contributed by atoms with Gasteiger partial charge in [0.25, 0.3) is 0 Å². The van der Waals surface area contributed by atoms with E-state index in [4.69, 9.17) is 4.74 Å². The number of halogens is 7. The van der Waals surface area contributed by atoms with E-state index >= 15 is 0 Å². The van der Waals surface area contributed by atoms with Crippen LogP contribution in [0.2, 0.25) is 0 Å². The van der Waals surface area contributed by atoms with E-state index in [1.54, 1.807) is 0 Å². The largest absolute Gasteiger partial charge is 0.416 e. The van der Waals surface area contributed by atoms with E-state index in [1.165, 1.54) is 24.0 Å². The molecular formula is C24H20F7NO3. The Balaban J connectivity index is 1.70. The van der Waals surface area contributed by atoms with Crippen LogP contribution in [0.15, 0.2) is 42.5 Å². The monoisotopic (exact) mass is 503 g/mol. The fourth-order valence-electron chi connectivity index (χ4n) is 4.73. The number of ketones is 1. The zero-order valence-electron chi connectivity index (χ0n) is 18.3. The van der Waals surface area contributed by atoms with Gasteiger partial charge in [-0.3, -0.25) is 9.59 Å². The number of fused-ring (bicyclic) bond motifs is 1. The van der Waals surface area contributed by atoms with Gasteiger partial charge in [-0.05, 0) is 48.4 Å². The van der Waals surface area contributed by atoms with Gasteiger partial charge in [-0.25, -0.2) is 4.39 Å². The van der Waals surface area contributed by atoms with Gasteiger partial charge in [-0.15, -0.1) is 0 Å². The van der Waals surface area contributed by atoms with Crippen LogP contribution in [-0.2, 0) is 26.7 Å². The Bertz CT molecular complexity index is 1100. The van der Waals surface area contributed by atoms with E-state index in [2.05, 4.69) is 0 Å². The van der Waals surface area contributed by atoms with Crippen molar-refractivity contribution >= 4 is 11.7 Å². The van der Waals surface area contributed by atoms with E-state index < -0.39 is 53.5 Å². The molecule has 2 aliphatic heterocycles. The number of ether oxygens (including phenoxy) is 1. The Morgan fingerprint density at radius 2 is 1.49 bits per heavy atom. The first-order chi connectivity index (χ1) is 16.3. The summed E-state index contributed by atoms with van der Waals surface area (Å²) in [5, 5.41) is 0. The van der Waals surface area contributed by atoms with E-state index in [0.29, 0.717) is 17.7 Å². The Hall–Kier alpha value is -2.95. The summed E-state index contributed by atoms with van der Waals surface area (Å²) in [6.45, 7) is 1.23. The second kappa shape index (κ2) is 8.92. The molecule has 0 aliphatic carbocycles. The molecule has 188 valence electrons. The minimum Gasteiger partial charge on any atom is -0.368 e. The SMILES string of the molecule is C[C@@H](O[C@H]1CN2C(=O)CCC(=O)[C@H]2C1c1ccc(F)cc1)c1cc(C(F)(F)F)cc(C(F)(F)F)c1. The smallest absolute Gasteiger partial charge is 0.368 e. The van der Waals surface area contributed by atoms with Gasteiger partial charge in [0.2, 0.25) is 5.91 Å². The molecule has 11 heteroatoms. The minimum atomic E-state index is -5.01. The summed E-state index contributed by atoms with van der Waals surface area (Å²) in [4.78, 5) is 26.5. The summed E-state index contributed by atoms with van der Waals surface area (Å²) in [6, 6.07) is 5.46. The Labute approximate surface area is 195 Å². The molecule has 2 aliphatic rings. The van der Waals surface area contributed by atoms with Crippen LogP contribution in [0.25, 0.3) is 0 Å². The molecule has 0 N–H and O–H groups in total. The first-order valence-electron chi connectivity index (χ1n) is 10.8. The second-order valence-corrected chi connectivity index (χ2v) is 8.69. The molecule has 1 amide bonds. The molecule has 0 aromatic heterocycles. The molecular weight excluding hydrogens is 483 g/mol. The molecule has 2 saturated heterocycles. The first-order valence-corrected chi connectivity index (χ1v) is 10.8. The number of amides is 1. The zero-order chi connectivity index (χ0) is 25.7. The Kier molecular flexibility index (Phi) is 6.41. The molecule has 1 unspecified atom stereocenters. The highest BCUT2D eigenvalue weighted by Crippen LogP contribution is 2.42. The van der Waals surface area contributed by atoms with Crippen LogP contribution in [-0.4, -0.2) is 35.3 Å². The molecule has 35 heavy (non-hydrogen) atoms. The van der Waals surface area contributed by atoms with Crippen LogP contribution in [0.5, 0.6) is 0 Å². The van der Waals surface area contributed by atoms with Crippen molar-refractivity contribution in [2.24, 2.45) is 0 Å². The topological polar surface area (TPSA) is 46.6 Å². The summed E-state index contributed by atoms with van der Waals surface area (Å²) in [5.74, 6) is -1.85. The molecule has 2 aromatic carbocycles. The van der Waals surface area contributed by atoms with Gasteiger partial charge >= 0.3 is 12.4 Å². The van der Waals surface area contributed by atoms with Gasteiger partial charge in [-0.1, -0.05) is 12.1 Å². The molecule has 0 saturated carbocycles. The van der Waals surface area contributed by atoms with Crippen molar-refractivity contribution in [3.05, 3.63) is 70.5 Å². The number of benzene rings is 2. The van der Waals surface area contributed by atoms with E-state index in [0.717, 1.165) is 12.1 Å². The maximum absolute atomic E-state index is 13.5. The number of carbonyl (C=O) groups excluding carboxylic acids is 2. The van der Waals surface area contributed by atoms with Crippen molar-refractivity contribution in [2.75, 3.05) is 6.54 Å². The van der Waals surface area contributed by atoms with Gasteiger partial charge in [0.15, 0.2) is 5.78 Å². The standard InChI is InChI=1S/C24H20F7NO3/c1-12(14-8-15(23(26,27)28)10-16(9-14)24(29,30)31)35-19-11-32-20(34)7-6-18(33)22(32)21(19)13-2-4-17(25)5-3-13/h2-5,8-10,12,19,21-22H,6-7,11H2,1H3/t12-,19+,21?,22+/m1/s1. The van der Waals surface area contributed by atoms with Crippen molar-refractivity contribution in [2.45, 2.75) is 56.3 Å². The number of Topliss-reactive ketones (excluding diaryl/α,β-unsaturated/α-hetero) is 1. The normalized spacial score (nSPS) is 24.0. The van der Waals surface area contributed by atoms with Crippen LogP contribution in [0.3, 0.4) is 0 Å². The van der Waals surface area contributed by atoms with Crippen molar-refractivity contribution in [3.63, 3.8) is 0 Å². The Morgan fingerprint density at radius 3 is 2.03 bits per heavy atom. The quantitative estimate of drug-likeness (QED) is 0.506. The summed E-state index contributed by atoms with van der Waals surface area (Å²) in [5.41, 5.74) is -2.82. The highest BCUT2D eigenvalue weighted by Gasteiger charge is 2.51. The maximum Gasteiger partial charge on any atom is 0.416 e. The first kappa shape index (κ1) is 25.2. The van der Waals surface area contributed by atoms with Crippen LogP contribution in [0, 0.1) is 5.82 Å². The average Bonchev–Trinajstić information content (AvgIpc) is 3.15. The molecule has 0 bridgehead atoms. The van der Waals surface area contributed by atoms with E-state index in [-0.39, 0.29) is 42.7 Å². The fraction of sp³-hybridized carbons (Fsp3) is 0.417. The number of piperidine rings is 1. The van der Waals surface area contributed by atoms with Crippen LogP contribution in [0.4, 0.5) is 30.7 Å². The average molecular weight is 503 g/mol. The van der Waals surface area contributed by atoms with Crippen molar-refractivity contribution < 1.29 is 45.1 Å². The summed E-state index contributed by atoms with van der Waals surface area (Å²) in [7, 11) is 0. The number of nitrogens with zero attached hydrogens (tertiary/aromatic N) is 1. The maximum atomic E-state index is 13.5. The number of alkyl halides is 6. The molecule has 0 radical (unpaired) electrons. The number of rotatable bonds is 4. The lowest BCUT2D eigenvalue weighted by Crippen LogP contribution is -2.46. The predicted octanol–water partition coefficient (Wildman–Crippen LogP) is 5.67. The third-order valence-corrected chi connectivity index (χ3v) is 6.40. The third kappa shape index (κ3) is 5.05. The summed E-state index contributed by atoms with van der Waals surface area (Å²) < 4.78 is 99.2. The molecule has 2 fully saturated rings. The predicted molar refractivity (Wildman–Crippen MR) is 109 cm³/mol. The molecule has 4 nitrogen and oxygen atoms in total. The number of hydrogen-bond donors (Lipinski definition) is 0. The van der Waals surface area contributed by atoms with Crippen LogP contribution >= 0.6 is 0 Å². The molecule has 4 atom stereocenters. The minimum absolute atomic E-state index is 0.00252. The summed E-state index contributed by atoms with van der Waals surface area (Å²) >= 11 is 0. The van der Waals surface area contributed by atoms with E-state index in [1.807, 2.05) is 0 Å². The fourth-order valence-corrected chi connectivity index (χ4v) is 4.73. The second-order valence-electron chi connectivity index (χ2n) is 8.69. The van der Waals surface area contributed by atoms with Gasteiger partial charge in [0.05, 0.1) is 29.4 Å². The summed E-state index contributed by atoms with van der Waals surface area (Å²) in [6.07, 6.45) is -12.2. The van der Waals surface area contributed by atoms with Gasteiger partial charge in [0, 0.05) is 25.3 Å². The molecule has 2 aromatic rings. The lowest BCUT2D eigenvalue weighted by Gasteiger charge is -2.31. The molecule has 2 heterocycles. The highest BCUT2D eigenvalue weighted by atomic mass is 19.4. The highest BCUT2D eigenvalue weighted by molar-refractivity contribution is 5.96. The van der Waals surface area contributed by atoms with Crippen molar-refractivity contribution in [1.82, 2.24) is 4.90 Å². The lowest BCUT2D eigenvalue weighted by molar-refractivity contribution is -0.143. The van der Waals surface area contributed by atoms with Gasteiger partial charge in [-0.2, -0.15) is 26.3 Å². The Morgan fingerprint density at radius 1 is 0.914 bits per heavy atom. The van der Waals surface area contributed by atoms with Crippen LogP contribution < -0.4 is 0 Å². The van der Waals surface area contributed by atoms with Gasteiger partial charge < -0.3 is 9.64 Å². The number of carbonyl (C=O) groups is 2. The molecule has 0 spiro atoms.